The van der Waals surface area contributed by atoms with Crippen LogP contribution in [0.1, 0.15) is 6.42 Å². The van der Waals surface area contributed by atoms with Gasteiger partial charge in [0.05, 0.1) is 0 Å². The molecule has 3 heteroatoms. The van der Waals surface area contributed by atoms with Gasteiger partial charge in [0, 0.05) is 0 Å². The Bertz CT molecular complexity index is 17.9. The van der Waals surface area contributed by atoms with Crippen LogP contribution in [0, 0.1) is 14.9 Å². The monoisotopic (exact) mass is 297 g/mol. The van der Waals surface area contributed by atoms with Crippen LogP contribution < -0.4 is 0 Å². The van der Waals surface area contributed by atoms with Crippen molar-refractivity contribution in [1.29, 1.82) is 0 Å². The maximum Gasteiger partial charge on any atom is 4.00 e. The molecule has 0 saturated carbocycles. The normalized spacial score (nSPS) is 5.25. The Morgan fingerprint density at radius 1 is 0.875 bits per heavy atom. The fourth-order valence-electron chi connectivity index (χ4n) is 0.0884. The van der Waals surface area contributed by atoms with E-state index in [0.29, 0.717) is 13.1 Å². The van der Waals surface area contributed by atoms with Crippen LogP contribution in [0.5, 0.6) is 0 Å². The van der Waals surface area contributed by atoms with Crippen molar-refractivity contribution in [3.63, 3.8) is 0 Å². The Labute approximate surface area is 67.3 Å². The van der Waals surface area contributed by atoms with E-state index >= 15 is 0 Å². The van der Waals surface area contributed by atoms with Crippen LogP contribution in [-0.4, -0.2) is 13.1 Å². The molecule has 54 valence electrons. The van der Waals surface area contributed by atoms with Crippen LogP contribution in [0.15, 0.2) is 0 Å². The molecule has 0 aliphatic heterocycles. The summed E-state index contributed by atoms with van der Waals surface area (Å²) in [5.41, 5.74) is 13.0. The maximum absolute atomic E-state index is 6.48. The van der Waals surface area contributed by atoms with Crippen molar-refractivity contribution in [3.8, 4) is 0 Å². The predicted molar refractivity (Wildman–Crippen MR) is 35.8 cm³/mol. The van der Waals surface area contributed by atoms with Crippen molar-refractivity contribution < 1.29 is 21.1 Å². The molecule has 0 unspecified atom stereocenters. The Morgan fingerprint density at radius 2 is 1.12 bits per heavy atom. The van der Waals surface area contributed by atoms with Crippen molar-refractivity contribution in [2.75, 3.05) is 13.1 Å². The van der Waals surface area contributed by atoms with Crippen LogP contribution >= 0.6 is 0 Å². The smallest absolute Gasteiger partial charge is 0.677 e. The van der Waals surface area contributed by atoms with E-state index in [1.54, 1.807) is 0 Å². The van der Waals surface area contributed by atoms with Gasteiger partial charge in [-0.25, -0.2) is 0 Å². The molecule has 0 radical (unpaired) electrons. The van der Waals surface area contributed by atoms with E-state index in [2.05, 4.69) is 0 Å². The minimum absolute atomic E-state index is 0. The molecule has 2 N–H and O–H groups in total. The maximum atomic E-state index is 6.48. The first kappa shape index (κ1) is 23.5. The van der Waals surface area contributed by atoms with E-state index in [-0.39, 0.29) is 35.9 Å². The molecular weight excluding hydrogens is 283 g/mol. The summed E-state index contributed by atoms with van der Waals surface area (Å²) in [5.74, 6) is 0. The average Bonchev–Trinajstić information content (AvgIpc) is 1.41. The molecule has 0 fully saturated rings. The van der Waals surface area contributed by atoms with Gasteiger partial charge in [0.1, 0.15) is 0 Å². The summed E-state index contributed by atoms with van der Waals surface area (Å²) in [7, 11) is 0. The van der Waals surface area contributed by atoms with E-state index < -0.39 is 0 Å². The van der Waals surface area contributed by atoms with Crippen molar-refractivity contribution >= 4 is 0 Å². The van der Waals surface area contributed by atoms with Gasteiger partial charge in [-0.15, -0.1) is 0 Å². The number of hydrogen-bond acceptors (Lipinski definition) is 0. The van der Waals surface area contributed by atoms with E-state index in [0.717, 1.165) is 6.42 Å². The Kier molecular flexibility index (Phi) is 74.8. The summed E-state index contributed by atoms with van der Waals surface area (Å²) in [6.45, 7) is 0.812. The molecule has 0 heterocycles. The van der Waals surface area contributed by atoms with Crippen molar-refractivity contribution in [2.24, 2.45) is 0 Å². The zero-order chi connectivity index (χ0) is 4.12. The predicted octanol–water partition coefficient (Wildman–Crippen LogP) is 2.38. The quantitative estimate of drug-likeness (QED) is 0.703. The molecular formula is C5H14N2Pt. The Balaban J connectivity index is -0.0000000267. The third-order valence-corrected chi connectivity index (χ3v) is 0.354. The van der Waals surface area contributed by atoms with Gasteiger partial charge in [0.15, 0.2) is 0 Å². The first-order valence-electron chi connectivity index (χ1n) is 1.71. The third kappa shape index (κ3) is 30.6. The fraction of sp³-hybridized carbons (Fsp3) is 0.600. The van der Waals surface area contributed by atoms with E-state index in [4.69, 9.17) is 11.5 Å². The van der Waals surface area contributed by atoms with Gasteiger partial charge in [-0.1, -0.05) is 6.42 Å². The molecule has 0 atom stereocenters. The van der Waals surface area contributed by atoms with Crippen LogP contribution in [0.25, 0.3) is 11.5 Å². The zero-order valence-corrected chi connectivity index (χ0v) is 7.71. The standard InChI is InChI=1S/C3H8N2.2CH3.Pt/c4-2-1-3-5;;;/h4-5H,1-3H2;2*1H3;/q-2;2*-1;+4. The molecule has 0 bridgehead atoms. The van der Waals surface area contributed by atoms with Gasteiger partial charge < -0.3 is 26.3 Å². The molecule has 0 aliphatic rings. The second kappa shape index (κ2) is 25.5. The van der Waals surface area contributed by atoms with E-state index in [1.165, 1.54) is 0 Å². The van der Waals surface area contributed by atoms with Crippen LogP contribution in [0.3, 0.4) is 0 Å². The van der Waals surface area contributed by atoms with Gasteiger partial charge >= 0.3 is 21.1 Å². The van der Waals surface area contributed by atoms with E-state index in [1.807, 2.05) is 0 Å². The first-order chi connectivity index (χ1) is 2.41. The van der Waals surface area contributed by atoms with Crippen LogP contribution in [0.4, 0.5) is 0 Å². The van der Waals surface area contributed by atoms with Gasteiger partial charge in [-0.05, 0) is 0 Å². The zero-order valence-electron chi connectivity index (χ0n) is 5.44. The van der Waals surface area contributed by atoms with Crippen LogP contribution in [0.2, 0.25) is 0 Å². The molecule has 0 aliphatic carbocycles. The summed E-state index contributed by atoms with van der Waals surface area (Å²) < 4.78 is 0. The van der Waals surface area contributed by atoms with Gasteiger partial charge in [-0.3, -0.25) is 0 Å². The average molecular weight is 297 g/mol. The second-order valence-electron chi connectivity index (χ2n) is 0.854. The molecule has 0 aromatic rings. The van der Waals surface area contributed by atoms with Gasteiger partial charge in [-0.2, -0.15) is 13.1 Å². The van der Waals surface area contributed by atoms with Crippen LogP contribution in [-0.2, 0) is 21.1 Å². The third-order valence-electron chi connectivity index (χ3n) is 0.354. The fourth-order valence-corrected chi connectivity index (χ4v) is 0.0884. The molecule has 8 heavy (non-hydrogen) atoms. The van der Waals surface area contributed by atoms with Gasteiger partial charge in [0.25, 0.3) is 0 Å². The molecule has 2 nitrogen and oxygen atoms in total. The molecule has 0 saturated heterocycles. The molecule has 0 aromatic heterocycles. The number of rotatable bonds is 2. The number of nitrogens with one attached hydrogen (secondary N) is 2. The summed E-state index contributed by atoms with van der Waals surface area (Å²) >= 11 is 0. The Morgan fingerprint density at radius 3 is 1.12 bits per heavy atom. The molecule has 0 amide bonds. The molecule has 0 spiro atoms. The summed E-state index contributed by atoms with van der Waals surface area (Å²) in [5, 5.41) is 0. The molecule has 0 rings (SSSR count). The second-order valence-corrected chi connectivity index (χ2v) is 0.854. The van der Waals surface area contributed by atoms with Crippen molar-refractivity contribution in [3.05, 3.63) is 26.3 Å². The summed E-state index contributed by atoms with van der Waals surface area (Å²) in [6.07, 6.45) is 0.722. The van der Waals surface area contributed by atoms with Crippen molar-refractivity contribution in [1.82, 2.24) is 0 Å². The molecule has 0 aromatic carbocycles. The SMILES string of the molecule is [CH3-].[CH3-].[NH-]CCC[NH-].[Pt+4]. The van der Waals surface area contributed by atoms with Gasteiger partial charge in [0.2, 0.25) is 0 Å². The minimum Gasteiger partial charge on any atom is -0.677 e. The first-order valence-corrected chi connectivity index (χ1v) is 1.71. The number of hydrogen-bond donors (Lipinski definition) is 0. The van der Waals surface area contributed by atoms with Crippen molar-refractivity contribution in [2.45, 2.75) is 6.42 Å². The van der Waals surface area contributed by atoms with E-state index in [9.17, 15) is 0 Å². The topological polar surface area (TPSA) is 47.6 Å². The largest absolute Gasteiger partial charge is 4.00 e. The summed E-state index contributed by atoms with van der Waals surface area (Å²) in [4.78, 5) is 0. The summed E-state index contributed by atoms with van der Waals surface area (Å²) in [6, 6.07) is 0. The Hall–Kier alpha value is 0.608. The minimum atomic E-state index is 0.